The molecule has 1 aromatic carbocycles. The van der Waals surface area contributed by atoms with E-state index in [0.29, 0.717) is 24.5 Å². The fraction of sp³-hybridized carbons (Fsp3) is 0.357. The topological polar surface area (TPSA) is 66.5 Å². The van der Waals surface area contributed by atoms with Gasteiger partial charge in [0, 0.05) is 11.9 Å². The normalized spacial score (nSPS) is 10.2. The highest BCUT2D eigenvalue weighted by atomic mass is 35.5. The van der Waals surface area contributed by atoms with E-state index in [1.165, 1.54) is 7.11 Å². The summed E-state index contributed by atoms with van der Waals surface area (Å²) in [4.78, 5) is 12.0. The first-order valence-electron chi connectivity index (χ1n) is 6.18. The fourth-order valence-corrected chi connectivity index (χ4v) is 2.26. The number of carbonyl (C=O) groups excluding carboxylic acids is 1. The van der Waals surface area contributed by atoms with Gasteiger partial charge in [-0.1, -0.05) is 12.1 Å². The number of benzene rings is 1. The number of aryl methyl sites for hydroxylation is 1. The van der Waals surface area contributed by atoms with Crippen LogP contribution < -0.4 is 10.5 Å². The number of hydrogen-bond donors (Lipinski definition) is 1. The third kappa shape index (κ3) is 2.73. The van der Waals surface area contributed by atoms with Gasteiger partial charge in [0.2, 0.25) is 0 Å². The summed E-state index contributed by atoms with van der Waals surface area (Å²) >= 11 is 0. The lowest BCUT2D eigenvalue weighted by molar-refractivity contribution is 0.0585. The zero-order valence-corrected chi connectivity index (χ0v) is 12.4. The van der Waals surface area contributed by atoms with Gasteiger partial charge in [0.1, 0.15) is 0 Å². The van der Waals surface area contributed by atoms with Crippen LogP contribution in [0.15, 0.2) is 24.3 Å². The third-order valence-electron chi connectivity index (χ3n) is 3.09. The summed E-state index contributed by atoms with van der Waals surface area (Å²) in [5.41, 5.74) is 6.95. The van der Waals surface area contributed by atoms with Gasteiger partial charge in [-0.25, -0.2) is 4.79 Å². The number of nitrogens with two attached hydrogens (primary N) is 1. The molecule has 2 rings (SSSR count). The Morgan fingerprint density at radius 3 is 2.60 bits per heavy atom. The number of rotatable bonds is 5. The lowest BCUT2D eigenvalue weighted by atomic mass is 10.2. The lowest BCUT2D eigenvalue weighted by Crippen LogP contribution is -2.14. The summed E-state index contributed by atoms with van der Waals surface area (Å²) in [5.74, 6) is 0.157. The number of para-hydroxylation sites is 1. The maximum atomic E-state index is 12.0. The standard InChI is InChI=1S/C14H18N2O3.ClH/c1-18-13-10-6-3-4-7-11(10)16(9-5-8-15)12(13)14(17)19-2;/h3-4,6-7H,5,8-9,15H2,1-2H3;1H. The molecule has 6 heteroatoms. The van der Waals surface area contributed by atoms with Crippen molar-refractivity contribution < 1.29 is 14.3 Å². The predicted octanol–water partition coefficient (Wildman–Crippen LogP) is 2.21. The average molecular weight is 299 g/mol. The molecule has 0 fully saturated rings. The SMILES string of the molecule is COC(=O)c1c(OC)c2ccccc2n1CCCN.Cl. The molecule has 0 radical (unpaired) electrons. The van der Waals surface area contributed by atoms with Crippen molar-refractivity contribution >= 4 is 29.3 Å². The number of aromatic nitrogens is 1. The Balaban J connectivity index is 0.00000200. The van der Waals surface area contributed by atoms with Crippen LogP contribution >= 0.6 is 12.4 Å². The number of carbonyl (C=O) groups is 1. The Labute approximate surface area is 124 Å². The summed E-state index contributed by atoms with van der Waals surface area (Å²) in [6.45, 7) is 1.22. The van der Waals surface area contributed by atoms with Crippen LogP contribution in [-0.2, 0) is 11.3 Å². The highest BCUT2D eigenvalue weighted by Gasteiger charge is 2.23. The minimum Gasteiger partial charge on any atom is -0.494 e. The molecule has 2 N–H and O–H groups in total. The molecular weight excluding hydrogens is 280 g/mol. The third-order valence-corrected chi connectivity index (χ3v) is 3.09. The second-order valence-electron chi connectivity index (χ2n) is 4.18. The second-order valence-corrected chi connectivity index (χ2v) is 4.18. The molecule has 0 atom stereocenters. The zero-order chi connectivity index (χ0) is 13.8. The molecule has 1 heterocycles. The summed E-state index contributed by atoms with van der Waals surface area (Å²) in [5, 5.41) is 0.905. The highest BCUT2D eigenvalue weighted by Crippen LogP contribution is 2.33. The van der Waals surface area contributed by atoms with Crippen LogP contribution in [-0.4, -0.2) is 31.3 Å². The molecule has 1 aromatic heterocycles. The first-order valence-corrected chi connectivity index (χ1v) is 6.18. The van der Waals surface area contributed by atoms with Crippen molar-refractivity contribution in [3.05, 3.63) is 30.0 Å². The van der Waals surface area contributed by atoms with E-state index in [2.05, 4.69) is 0 Å². The lowest BCUT2D eigenvalue weighted by Gasteiger charge is -2.09. The number of nitrogens with zero attached hydrogens (tertiary/aromatic N) is 1. The number of ether oxygens (including phenoxy) is 2. The van der Waals surface area contributed by atoms with Crippen molar-refractivity contribution in [1.82, 2.24) is 4.57 Å². The van der Waals surface area contributed by atoms with Crippen LogP contribution in [0.2, 0.25) is 0 Å². The van der Waals surface area contributed by atoms with Gasteiger partial charge >= 0.3 is 5.97 Å². The monoisotopic (exact) mass is 298 g/mol. The Morgan fingerprint density at radius 1 is 1.30 bits per heavy atom. The predicted molar refractivity (Wildman–Crippen MR) is 80.7 cm³/mol. The van der Waals surface area contributed by atoms with Crippen molar-refractivity contribution in [3.8, 4) is 5.75 Å². The molecule has 0 saturated heterocycles. The Bertz CT molecular complexity index is 595. The molecule has 0 unspecified atom stereocenters. The summed E-state index contributed by atoms with van der Waals surface area (Å²) in [6.07, 6.45) is 0.784. The van der Waals surface area contributed by atoms with Crippen molar-refractivity contribution in [3.63, 3.8) is 0 Å². The second kappa shape index (κ2) is 7.17. The average Bonchev–Trinajstić information content (AvgIpc) is 2.77. The summed E-state index contributed by atoms with van der Waals surface area (Å²) < 4.78 is 12.2. The van der Waals surface area contributed by atoms with Crippen molar-refractivity contribution in [2.75, 3.05) is 20.8 Å². The molecule has 0 aliphatic carbocycles. The molecule has 5 nitrogen and oxygen atoms in total. The molecule has 0 spiro atoms. The first kappa shape index (κ1) is 16.3. The minimum absolute atomic E-state index is 0. The maximum Gasteiger partial charge on any atom is 0.358 e. The first-order chi connectivity index (χ1) is 9.24. The van der Waals surface area contributed by atoms with Crippen LogP contribution in [0.25, 0.3) is 10.9 Å². The van der Waals surface area contributed by atoms with Crippen molar-refractivity contribution in [2.24, 2.45) is 5.73 Å². The molecule has 0 saturated carbocycles. The van der Waals surface area contributed by atoms with Crippen molar-refractivity contribution in [2.45, 2.75) is 13.0 Å². The number of methoxy groups -OCH3 is 2. The van der Waals surface area contributed by atoms with Crippen LogP contribution in [0.5, 0.6) is 5.75 Å². The van der Waals surface area contributed by atoms with Crippen LogP contribution in [0.4, 0.5) is 0 Å². The van der Waals surface area contributed by atoms with E-state index in [-0.39, 0.29) is 12.4 Å². The smallest absolute Gasteiger partial charge is 0.358 e. The van der Waals surface area contributed by atoms with E-state index in [1.807, 2.05) is 28.8 Å². The number of esters is 1. The number of hydrogen-bond acceptors (Lipinski definition) is 4. The molecule has 0 bridgehead atoms. The van der Waals surface area contributed by atoms with Gasteiger partial charge < -0.3 is 19.8 Å². The Hall–Kier alpha value is -1.72. The molecular formula is C14H19ClN2O3. The van der Waals surface area contributed by atoms with E-state index in [0.717, 1.165) is 17.3 Å². The minimum atomic E-state index is -0.398. The number of halogens is 1. The number of fused-ring (bicyclic) bond motifs is 1. The molecule has 2 aromatic rings. The van der Waals surface area contributed by atoms with E-state index >= 15 is 0 Å². The van der Waals surface area contributed by atoms with E-state index in [4.69, 9.17) is 15.2 Å². The zero-order valence-electron chi connectivity index (χ0n) is 11.6. The highest BCUT2D eigenvalue weighted by molar-refractivity contribution is 6.01. The molecule has 0 aliphatic rings. The van der Waals surface area contributed by atoms with Gasteiger partial charge in [-0.2, -0.15) is 0 Å². The Kier molecular flexibility index (Phi) is 5.85. The van der Waals surface area contributed by atoms with Gasteiger partial charge in [0.05, 0.1) is 19.7 Å². The van der Waals surface area contributed by atoms with Crippen molar-refractivity contribution in [1.29, 1.82) is 0 Å². The van der Waals surface area contributed by atoms with E-state index in [1.54, 1.807) is 7.11 Å². The van der Waals surface area contributed by atoms with Crippen LogP contribution in [0, 0.1) is 0 Å². The van der Waals surface area contributed by atoms with Crippen LogP contribution in [0.1, 0.15) is 16.9 Å². The van der Waals surface area contributed by atoms with Gasteiger partial charge in [0.15, 0.2) is 11.4 Å². The molecule has 110 valence electrons. The molecule has 20 heavy (non-hydrogen) atoms. The van der Waals surface area contributed by atoms with Gasteiger partial charge in [0.25, 0.3) is 0 Å². The van der Waals surface area contributed by atoms with Gasteiger partial charge in [-0.15, -0.1) is 12.4 Å². The van der Waals surface area contributed by atoms with Crippen LogP contribution in [0.3, 0.4) is 0 Å². The van der Waals surface area contributed by atoms with Gasteiger partial charge in [-0.05, 0) is 25.1 Å². The fourth-order valence-electron chi connectivity index (χ4n) is 2.26. The summed E-state index contributed by atoms with van der Waals surface area (Å²) in [6, 6.07) is 7.74. The molecule has 0 amide bonds. The quantitative estimate of drug-likeness (QED) is 0.860. The Morgan fingerprint density at radius 2 is 2.00 bits per heavy atom. The molecule has 0 aliphatic heterocycles. The van der Waals surface area contributed by atoms with E-state index in [9.17, 15) is 4.79 Å². The van der Waals surface area contributed by atoms with E-state index < -0.39 is 5.97 Å². The van der Waals surface area contributed by atoms with Gasteiger partial charge in [-0.3, -0.25) is 0 Å². The maximum absolute atomic E-state index is 12.0. The largest absolute Gasteiger partial charge is 0.494 e. The summed E-state index contributed by atoms with van der Waals surface area (Å²) in [7, 11) is 2.92.